The van der Waals surface area contributed by atoms with Gasteiger partial charge in [-0.2, -0.15) is 0 Å². The normalized spacial score (nSPS) is 16.5. The van der Waals surface area contributed by atoms with Crippen molar-refractivity contribution in [2.24, 2.45) is 5.92 Å². The number of carbonyl (C=O) groups is 2. The van der Waals surface area contributed by atoms with Crippen LogP contribution in [0, 0.1) is 19.8 Å². The highest BCUT2D eigenvalue weighted by Crippen LogP contribution is 2.22. The average Bonchev–Trinajstić information content (AvgIpc) is 2.56. The summed E-state index contributed by atoms with van der Waals surface area (Å²) >= 11 is 0. The third-order valence-corrected chi connectivity index (χ3v) is 4.89. The predicted octanol–water partition coefficient (Wildman–Crippen LogP) is 3.47. The molecule has 1 atom stereocenters. The first-order valence-corrected chi connectivity index (χ1v) is 8.99. The van der Waals surface area contributed by atoms with Gasteiger partial charge in [-0.05, 0) is 56.2 Å². The molecule has 0 aromatic heterocycles. The van der Waals surface area contributed by atoms with Crippen molar-refractivity contribution in [1.29, 1.82) is 0 Å². The van der Waals surface area contributed by atoms with Crippen molar-refractivity contribution in [3.05, 3.63) is 34.9 Å². The molecular weight excluding hydrogens is 302 g/mol. The molecule has 4 nitrogen and oxygen atoms in total. The Bertz CT molecular complexity index is 576. The molecule has 24 heavy (non-hydrogen) atoms. The maximum Gasteiger partial charge on any atom is 0.311 e. The second kappa shape index (κ2) is 8.86. The molecule has 0 radical (unpaired) electrons. The summed E-state index contributed by atoms with van der Waals surface area (Å²) in [6, 6.07) is 5.92. The molecule has 1 amide bonds. The van der Waals surface area contributed by atoms with Crippen LogP contribution < -0.4 is 5.32 Å². The van der Waals surface area contributed by atoms with E-state index in [-0.39, 0.29) is 18.3 Å². The van der Waals surface area contributed by atoms with Gasteiger partial charge in [0.2, 0.25) is 0 Å². The van der Waals surface area contributed by atoms with E-state index in [1.165, 1.54) is 37.7 Å². The maximum absolute atomic E-state index is 12.1. The van der Waals surface area contributed by atoms with Crippen LogP contribution in [-0.4, -0.2) is 24.5 Å². The number of amides is 1. The zero-order valence-electron chi connectivity index (χ0n) is 15.1. The second-order valence-corrected chi connectivity index (χ2v) is 6.98. The van der Waals surface area contributed by atoms with Gasteiger partial charge in [0.15, 0.2) is 6.10 Å². The Kier molecular flexibility index (Phi) is 6.83. The summed E-state index contributed by atoms with van der Waals surface area (Å²) in [5.41, 5.74) is 3.26. The topological polar surface area (TPSA) is 55.4 Å². The monoisotopic (exact) mass is 331 g/mol. The standard InChI is InChI=1S/C20H29NO3/c1-14-9-10-18(11-15(14)2)12-19(22)24-16(3)20(23)21-13-17-7-5-4-6-8-17/h9-11,16-17H,4-8,12-13H2,1-3H3,(H,21,23)/t16-/m1/s1. The molecule has 1 fully saturated rings. The fourth-order valence-electron chi connectivity index (χ4n) is 3.15. The number of carbonyl (C=O) groups excluding carboxylic acids is 2. The van der Waals surface area contributed by atoms with Crippen LogP contribution in [0.5, 0.6) is 0 Å². The van der Waals surface area contributed by atoms with Crippen LogP contribution in [0.2, 0.25) is 0 Å². The van der Waals surface area contributed by atoms with Gasteiger partial charge in [-0.3, -0.25) is 9.59 Å². The molecule has 1 aromatic rings. The van der Waals surface area contributed by atoms with E-state index >= 15 is 0 Å². The van der Waals surface area contributed by atoms with E-state index in [0.29, 0.717) is 12.5 Å². The van der Waals surface area contributed by atoms with Crippen LogP contribution >= 0.6 is 0 Å². The second-order valence-electron chi connectivity index (χ2n) is 6.98. The summed E-state index contributed by atoms with van der Waals surface area (Å²) in [4.78, 5) is 24.1. The molecule has 1 aliphatic rings. The minimum Gasteiger partial charge on any atom is -0.452 e. The van der Waals surface area contributed by atoms with Crippen molar-refractivity contribution >= 4 is 11.9 Å². The van der Waals surface area contributed by atoms with Crippen molar-refractivity contribution < 1.29 is 14.3 Å². The van der Waals surface area contributed by atoms with Gasteiger partial charge < -0.3 is 10.1 Å². The van der Waals surface area contributed by atoms with E-state index in [1.54, 1.807) is 6.92 Å². The average molecular weight is 331 g/mol. The van der Waals surface area contributed by atoms with Gasteiger partial charge in [0, 0.05) is 6.54 Å². The fraction of sp³-hybridized carbons (Fsp3) is 0.600. The van der Waals surface area contributed by atoms with E-state index in [4.69, 9.17) is 4.74 Å². The minimum absolute atomic E-state index is 0.196. The smallest absolute Gasteiger partial charge is 0.311 e. The molecule has 1 aliphatic carbocycles. The Hall–Kier alpha value is -1.84. The zero-order chi connectivity index (χ0) is 17.5. The van der Waals surface area contributed by atoms with Crippen molar-refractivity contribution in [2.75, 3.05) is 6.54 Å². The van der Waals surface area contributed by atoms with Gasteiger partial charge in [-0.25, -0.2) is 0 Å². The molecule has 0 unspecified atom stereocenters. The van der Waals surface area contributed by atoms with Gasteiger partial charge in [0.25, 0.3) is 5.91 Å². The summed E-state index contributed by atoms with van der Waals surface area (Å²) in [5.74, 6) is 0.00807. The quantitative estimate of drug-likeness (QED) is 0.812. The molecule has 1 aromatic carbocycles. The first-order chi connectivity index (χ1) is 11.5. The van der Waals surface area contributed by atoms with E-state index in [9.17, 15) is 9.59 Å². The molecule has 0 saturated heterocycles. The van der Waals surface area contributed by atoms with E-state index in [2.05, 4.69) is 5.32 Å². The number of esters is 1. The van der Waals surface area contributed by atoms with Crippen molar-refractivity contribution in [3.8, 4) is 0 Å². The SMILES string of the molecule is Cc1ccc(CC(=O)O[C@H](C)C(=O)NCC2CCCCC2)cc1C. The summed E-state index contributed by atoms with van der Waals surface area (Å²) in [5, 5.41) is 2.92. The maximum atomic E-state index is 12.1. The molecule has 1 saturated carbocycles. The number of hydrogen-bond donors (Lipinski definition) is 1. The molecule has 132 valence electrons. The zero-order valence-corrected chi connectivity index (χ0v) is 15.1. The molecule has 0 heterocycles. The van der Waals surface area contributed by atoms with Crippen LogP contribution in [0.4, 0.5) is 0 Å². The highest BCUT2D eigenvalue weighted by atomic mass is 16.5. The van der Waals surface area contributed by atoms with Crippen LogP contribution in [0.25, 0.3) is 0 Å². The Balaban J connectivity index is 1.75. The van der Waals surface area contributed by atoms with Crippen molar-refractivity contribution in [2.45, 2.75) is 65.4 Å². The molecule has 2 rings (SSSR count). The van der Waals surface area contributed by atoms with Crippen LogP contribution in [-0.2, 0) is 20.7 Å². The van der Waals surface area contributed by atoms with E-state index in [1.807, 2.05) is 32.0 Å². The summed E-state index contributed by atoms with van der Waals surface area (Å²) in [6.07, 6.45) is 5.62. The molecular formula is C20H29NO3. The molecule has 1 N–H and O–H groups in total. The van der Waals surface area contributed by atoms with Gasteiger partial charge in [0.05, 0.1) is 6.42 Å². The van der Waals surface area contributed by atoms with Gasteiger partial charge >= 0.3 is 5.97 Å². The van der Waals surface area contributed by atoms with Gasteiger partial charge in [-0.15, -0.1) is 0 Å². The first-order valence-electron chi connectivity index (χ1n) is 8.99. The lowest BCUT2D eigenvalue weighted by atomic mass is 9.89. The third-order valence-electron chi connectivity index (χ3n) is 4.89. The summed E-state index contributed by atoms with van der Waals surface area (Å²) in [6.45, 7) is 6.38. The van der Waals surface area contributed by atoms with Crippen molar-refractivity contribution in [1.82, 2.24) is 5.32 Å². The minimum atomic E-state index is -0.743. The summed E-state index contributed by atoms with van der Waals surface area (Å²) in [7, 11) is 0. The number of nitrogens with one attached hydrogen (secondary N) is 1. The number of ether oxygens (including phenoxy) is 1. The first kappa shape index (κ1) is 18.5. The lowest BCUT2D eigenvalue weighted by Crippen LogP contribution is -2.39. The highest BCUT2D eigenvalue weighted by Gasteiger charge is 2.20. The van der Waals surface area contributed by atoms with Gasteiger partial charge in [0.1, 0.15) is 0 Å². The Morgan fingerprint density at radius 1 is 1.17 bits per heavy atom. The lowest BCUT2D eigenvalue weighted by Gasteiger charge is -2.22. The number of hydrogen-bond acceptors (Lipinski definition) is 3. The van der Waals surface area contributed by atoms with Gasteiger partial charge in [-0.1, -0.05) is 37.5 Å². The van der Waals surface area contributed by atoms with Crippen LogP contribution in [0.1, 0.15) is 55.7 Å². The largest absolute Gasteiger partial charge is 0.452 e. The number of rotatable bonds is 6. The highest BCUT2D eigenvalue weighted by molar-refractivity contribution is 5.83. The lowest BCUT2D eigenvalue weighted by molar-refractivity contribution is -0.154. The number of aryl methyl sites for hydroxylation is 2. The Morgan fingerprint density at radius 2 is 1.88 bits per heavy atom. The molecule has 4 heteroatoms. The van der Waals surface area contributed by atoms with E-state index < -0.39 is 6.10 Å². The Morgan fingerprint density at radius 3 is 2.54 bits per heavy atom. The van der Waals surface area contributed by atoms with Crippen molar-refractivity contribution in [3.63, 3.8) is 0 Å². The van der Waals surface area contributed by atoms with E-state index in [0.717, 1.165) is 11.1 Å². The predicted molar refractivity (Wildman–Crippen MR) is 94.8 cm³/mol. The molecule has 0 spiro atoms. The Labute approximate surface area is 145 Å². The fourth-order valence-corrected chi connectivity index (χ4v) is 3.15. The molecule has 0 bridgehead atoms. The van der Waals surface area contributed by atoms with Crippen LogP contribution in [0.3, 0.4) is 0 Å². The molecule has 0 aliphatic heterocycles. The number of benzene rings is 1. The van der Waals surface area contributed by atoms with Crippen LogP contribution in [0.15, 0.2) is 18.2 Å². The summed E-state index contributed by atoms with van der Waals surface area (Å²) < 4.78 is 5.28. The third kappa shape index (κ3) is 5.66.